The van der Waals surface area contributed by atoms with Gasteiger partial charge in [0.05, 0.1) is 7.11 Å². The molecule has 1 aliphatic carbocycles. The first-order valence-corrected chi connectivity index (χ1v) is 7.24. The number of carbonyl (C=O) groups is 1. The predicted molar refractivity (Wildman–Crippen MR) is 75.5 cm³/mol. The Balaban J connectivity index is 1.78. The largest absolute Gasteiger partial charge is 0.480 e. The summed E-state index contributed by atoms with van der Waals surface area (Å²) in [5.41, 5.74) is 6.75. The third kappa shape index (κ3) is 2.26. The molecular weight excluding hydrogens is 254 g/mol. The summed E-state index contributed by atoms with van der Waals surface area (Å²) in [6.07, 6.45) is 5.08. The molecule has 1 saturated carbocycles. The van der Waals surface area contributed by atoms with Crippen LogP contribution in [0.3, 0.4) is 0 Å². The number of carbonyl (C=O) groups excluding carboxylic acids is 1. The smallest absolute Gasteiger partial charge is 0.259 e. The predicted octanol–water partition coefficient (Wildman–Crippen LogP) is 1.29. The lowest BCUT2D eigenvalue weighted by Gasteiger charge is -2.29. The van der Waals surface area contributed by atoms with Crippen molar-refractivity contribution in [3.05, 3.63) is 23.9 Å². The van der Waals surface area contributed by atoms with Crippen LogP contribution in [0.1, 0.15) is 29.6 Å². The quantitative estimate of drug-likeness (QED) is 0.883. The molecule has 1 amide bonds. The maximum Gasteiger partial charge on any atom is 0.259 e. The molecule has 0 aromatic carbocycles. The number of likely N-dealkylation sites (tertiary alicyclic amines) is 1. The number of ether oxygens (including phenoxy) is 1. The van der Waals surface area contributed by atoms with Crippen molar-refractivity contribution in [1.29, 1.82) is 0 Å². The van der Waals surface area contributed by atoms with Gasteiger partial charge >= 0.3 is 0 Å². The molecule has 1 saturated heterocycles. The molecule has 0 spiro atoms. The van der Waals surface area contributed by atoms with Gasteiger partial charge in [0.15, 0.2) is 0 Å². The third-order valence-electron chi connectivity index (χ3n) is 4.64. The van der Waals surface area contributed by atoms with Crippen molar-refractivity contribution >= 4 is 5.91 Å². The van der Waals surface area contributed by atoms with Gasteiger partial charge in [0, 0.05) is 25.3 Å². The zero-order valence-electron chi connectivity index (χ0n) is 11.8. The number of methoxy groups -OCH3 is 1. The Bertz CT molecular complexity index is 506. The van der Waals surface area contributed by atoms with Crippen molar-refractivity contribution in [2.75, 3.05) is 20.2 Å². The summed E-state index contributed by atoms with van der Waals surface area (Å²) >= 11 is 0. The van der Waals surface area contributed by atoms with E-state index >= 15 is 0 Å². The molecule has 1 aromatic rings. The van der Waals surface area contributed by atoms with Gasteiger partial charge in [-0.2, -0.15) is 0 Å². The van der Waals surface area contributed by atoms with Crippen molar-refractivity contribution in [3.8, 4) is 5.88 Å². The fraction of sp³-hybridized carbons (Fsp3) is 0.600. The van der Waals surface area contributed by atoms with Gasteiger partial charge in [0.2, 0.25) is 5.88 Å². The number of hydrogen-bond acceptors (Lipinski definition) is 4. The van der Waals surface area contributed by atoms with Gasteiger partial charge in [0.25, 0.3) is 5.91 Å². The Labute approximate surface area is 119 Å². The van der Waals surface area contributed by atoms with Gasteiger partial charge in [-0.25, -0.2) is 4.98 Å². The summed E-state index contributed by atoms with van der Waals surface area (Å²) in [7, 11) is 1.54. The SMILES string of the molecule is COc1ncccc1C(=O)N1CC2CCCC(N)C2C1. The van der Waals surface area contributed by atoms with Crippen molar-refractivity contribution in [3.63, 3.8) is 0 Å². The van der Waals surface area contributed by atoms with Crippen molar-refractivity contribution in [1.82, 2.24) is 9.88 Å². The lowest BCUT2D eigenvalue weighted by Crippen LogP contribution is -2.38. The average molecular weight is 275 g/mol. The molecule has 20 heavy (non-hydrogen) atoms. The number of pyridine rings is 1. The Morgan fingerprint density at radius 1 is 1.45 bits per heavy atom. The number of hydrogen-bond donors (Lipinski definition) is 1. The van der Waals surface area contributed by atoms with E-state index in [1.54, 1.807) is 25.4 Å². The van der Waals surface area contributed by atoms with Crippen molar-refractivity contribution in [2.24, 2.45) is 17.6 Å². The number of nitrogens with zero attached hydrogens (tertiary/aromatic N) is 2. The highest BCUT2D eigenvalue weighted by molar-refractivity contribution is 5.96. The van der Waals surface area contributed by atoms with E-state index in [9.17, 15) is 4.79 Å². The molecule has 1 aliphatic heterocycles. The summed E-state index contributed by atoms with van der Waals surface area (Å²) in [5, 5.41) is 0. The molecule has 5 nitrogen and oxygen atoms in total. The lowest BCUT2D eigenvalue weighted by atomic mass is 9.78. The van der Waals surface area contributed by atoms with E-state index < -0.39 is 0 Å². The lowest BCUT2D eigenvalue weighted by molar-refractivity contribution is 0.0779. The van der Waals surface area contributed by atoms with E-state index in [-0.39, 0.29) is 11.9 Å². The Hall–Kier alpha value is -1.62. The first kappa shape index (κ1) is 13.4. The second-order valence-electron chi connectivity index (χ2n) is 5.79. The van der Waals surface area contributed by atoms with Gasteiger partial charge in [-0.3, -0.25) is 4.79 Å². The maximum absolute atomic E-state index is 12.6. The van der Waals surface area contributed by atoms with Gasteiger partial charge < -0.3 is 15.4 Å². The van der Waals surface area contributed by atoms with E-state index in [1.807, 2.05) is 4.90 Å². The second kappa shape index (κ2) is 5.40. The van der Waals surface area contributed by atoms with Crippen molar-refractivity contribution < 1.29 is 9.53 Å². The van der Waals surface area contributed by atoms with E-state index in [0.717, 1.165) is 19.5 Å². The molecule has 3 atom stereocenters. The van der Waals surface area contributed by atoms with Crippen LogP contribution >= 0.6 is 0 Å². The highest BCUT2D eigenvalue weighted by atomic mass is 16.5. The summed E-state index contributed by atoms with van der Waals surface area (Å²) in [6, 6.07) is 3.78. The molecule has 1 aromatic heterocycles. The average Bonchev–Trinajstić information content (AvgIpc) is 2.92. The van der Waals surface area contributed by atoms with E-state index in [4.69, 9.17) is 10.5 Å². The standard InChI is InChI=1S/C15H21N3O2/c1-20-14-11(5-3-7-17-14)15(19)18-8-10-4-2-6-13(16)12(10)9-18/h3,5,7,10,12-13H,2,4,6,8-9,16H2,1H3. The van der Waals surface area contributed by atoms with Crippen LogP contribution in [0, 0.1) is 11.8 Å². The highest BCUT2D eigenvalue weighted by Crippen LogP contribution is 2.36. The number of aromatic nitrogens is 1. The fourth-order valence-electron chi connectivity index (χ4n) is 3.57. The Kier molecular flexibility index (Phi) is 3.61. The van der Waals surface area contributed by atoms with E-state index in [0.29, 0.717) is 23.3 Å². The summed E-state index contributed by atoms with van der Waals surface area (Å²) in [5.74, 6) is 1.42. The minimum absolute atomic E-state index is 0.0107. The van der Waals surface area contributed by atoms with Crippen LogP contribution in [0.2, 0.25) is 0 Å². The first-order chi connectivity index (χ1) is 9.70. The van der Waals surface area contributed by atoms with Crippen LogP contribution in [0.5, 0.6) is 5.88 Å². The molecular formula is C15H21N3O2. The highest BCUT2D eigenvalue weighted by Gasteiger charge is 2.40. The Morgan fingerprint density at radius 3 is 3.05 bits per heavy atom. The van der Waals surface area contributed by atoms with E-state index in [1.165, 1.54) is 12.8 Å². The van der Waals surface area contributed by atoms with E-state index in [2.05, 4.69) is 4.98 Å². The van der Waals surface area contributed by atoms with Crippen LogP contribution in [0.25, 0.3) is 0 Å². The molecule has 2 N–H and O–H groups in total. The molecule has 5 heteroatoms. The molecule has 0 bridgehead atoms. The molecule has 108 valence electrons. The second-order valence-corrected chi connectivity index (χ2v) is 5.79. The van der Waals surface area contributed by atoms with Crippen LogP contribution in [0.15, 0.2) is 18.3 Å². The maximum atomic E-state index is 12.6. The fourth-order valence-corrected chi connectivity index (χ4v) is 3.57. The van der Waals surface area contributed by atoms with Crippen molar-refractivity contribution in [2.45, 2.75) is 25.3 Å². The van der Waals surface area contributed by atoms with Crippen LogP contribution in [0.4, 0.5) is 0 Å². The van der Waals surface area contributed by atoms with Crippen LogP contribution in [-0.4, -0.2) is 42.0 Å². The van der Waals surface area contributed by atoms with Crippen LogP contribution in [-0.2, 0) is 0 Å². The van der Waals surface area contributed by atoms with Gasteiger partial charge in [-0.05, 0) is 36.8 Å². The van der Waals surface area contributed by atoms with Gasteiger partial charge in [0.1, 0.15) is 5.56 Å². The number of rotatable bonds is 2. The molecule has 2 heterocycles. The third-order valence-corrected chi connectivity index (χ3v) is 4.64. The summed E-state index contributed by atoms with van der Waals surface area (Å²) < 4.78 is 5.18. The van der Waals surface area contributed by atoms with Gasteiger partial charge in [-0.1, -0.05) is 6.42 Å². The summed E-state index contributed by atoms with van der Waals surface area (Å²) in [6.45, 7) is 1.58. The minimum atomic E-state index is 0.0107. The first-order valence-electron chi connectivity index (χ1n) is 7.24. The number of fused-ring (bicyclic) bond motifs is 1. The summed E-state index contributed by atoms with van der Waals surface area (Å²) in [4.78, 5) is 18.7. The topological polar surface area (TPSA) is 68.5 Å². The normalized spacial score (nSPS) is 29.1. The molecule has 3 unspecified atom stereocenters. The molecule has 3 rings (SSSR count). The number of amides is 1. The van der Waals surface area contributed by atoms with Crippen LogP contribution < -0.4 is 10.5 Å². The monoisotopic (exact) mass is 275 g/mol. The zero-order chi connectivity index (χ0) is 14.1. The molecule has 0 radical (unpaired) electrons. The van der Waals surface area contributed by atoms with Gasteiger partial charge in [-0.15, -0.1) is 0 Å². The number of nitrogens with two attached hydrogens (primary N) is 1. The molecule has 2 aliphatic rings. The minimum Gasteiger partial charge on any atom is -0.480 e. The zero-order valence-corrected chi connectivity index (χ0v) is 11.8. The molecule has 2 fully saturated rings. The Morgan fingerprint density at radius 2 is 2.30 bits per heavy atom.